The van der Waals surface area contributed by atoms with E-state index in [1.807, 2.05) is 24.4 Å². The fourth-order valence-corrected chi connectivity index (χ4v) is 7.17. The van der Waals surface area contributed by atoms with Crippen LogP contribution in [-0.4, -0.2) is 15.7 Å². The molecule has 2 aliphatic carbocycles. The van der Waals surface area contributed by atoms with Crippen molar-refractivity contribution in [2.45, 2.75) is 75.9 Å². The molecule has 37 heavy (non-hydrogen) atoms. The fourth-order valence-electron chi connectivity index (χ4n) is 7.17. The van der Waals surface area contributed by atoms with Gasteiger partial charge in [0.2, 0.25) is 0 Å². The van der Waals surface area contributed by atoms with Crippen LogP contribution in [0.2, 0.25) is 0 Å². The minimum absolute atomic E-state index is 0.0791. The number of para-hydroxylation sites is 1. The van der Waals surface area contributed by atoms with Crippen molar-refractivity contribution in [3.05, 3.63) is 107 Å². The molecule has 1 N–H and O–H groups in total. The second-order valence-corrected chi connectivity index (χ2v) is 11.4. The maximum Gasteiger partial charge on any atom is 0.120 e. The van der Waals surface area contributed by atoms with Gasteiger partial charge in [-0.2, -0.15) is 0 Å². The monoisotopic (exact) mass is 491 g/mol. The Labute approximate surface area is 220 Å². The molecule has 1 fully saturated rings. The van der Waals surface area contributed by atoms with Crippen LogP contribution in [0.25, 0.3) is 10.9 Å². The van der Waals surface area contributed by atoms with E-state index in [0.29, 0.717) is 12.5 Å². The lowest BCUT2D eigenvalue weighted by molar-refractivity contribution is -0.0565. The average Bonchev–Trinajstić information content (AvgIpc) is 2.93. The van der Waals surface area contributed by atoms with Gasteiger partial charge >= 0.3 is 0 Å². The van der Waals surface area contributed by atoms with E-state index in [1.54, 1.807) is 0 Å². The van der Waals surface area contributed by atoms with Crippen LogP contribution in [0.5, 0.6) is 5.75 Å². The van der Waals surface area contributed by atoms with Crippen molar-refractivity contribution >= 4 is 10.9 Å². The number of hydrogen-bond acceptors (Lipinski definition) is 3. The van der Waals surface area contributed by atoms with Gasteiger partial charge in [0, 0.05) is 22.6 Å². The smallest absolute Gasteiger partial charge is 0.120 e. The molecular weight excluding hydrogens is 454 g/mol. The van der Waals surface area contributed by atoms with Crippen LogP contribution in [0.1, 0.15) is 67.7 Å². The van der Waals surface area contributed by atoms with Crippen molar-refractivity contribution in [1.82, 2.24) is 4.98 Å². The number of fused-ring (bicyclic) bond motifs is 4. The highest BCUT2D eigenvalue weighted by molar-refractivity contribution is 5.78. The van der Waals surface area contributed by atoms with Crippen LogP contribution < -0.4 is 4.74 Å². The van der Waals surface area contributed by atoms with Gasteiger partial charge in [-0.25, -0.2) is 0 Å². The molecule has 3 nitrogen and oxygen atoms in total. The standard InChI is InChI=1S/C34H37NO2/c1-2-16-33(36)17-18-34(21-25-8-4-3-5-9-25)29(22-33)13-12-27-20-30(14-15-31(27)34)37-24-26-19-28-10-6-7-11-32(28)35-23-26/h3-11,14-15,19-20,23,29,36H,2,12-13,16-18,21-22,24H2,1H3/t29-,33-,34+/m1/s1. The Morgan fingerprint density at radius 3 is 2.65 bits per heavy atom. The Kier molecular flexibility index (Phi) is 6.50. The molecule has 190 valence electrons. The van der Waals surface area contributed by atoms with E-state index in [2.05, 4.69) is 72.6 Å². The summed E-state index contributed by atoms with van der Waals surface area (Å²) in [5.41, 5.74) is 5.96. The van der Waals surface area contributed by atoms with Crippen molar-refractivity contribution < 1.29 is 9.84 Å². The summed E-state index contributed by atoms with van der Waals surface area (Å²) in [4.78, 5) is 4.58. The van der Waals surface area contributed by atoms with Crippen LogP contribution in [0.4, 0.5) is 0 Å². The zero-order chi connectivity index (χ0) is 25.3. The third kappa shape index (κ3) is 4.78. The molecule has 0 amide bonds. The van der Waals surface area contributed by atoms with Gasteiger partial charge in [-0.05, 0) is 91.8 Å². The Bertz CT molecular complexity index is 1380. The molecule has 4 aromatic rings. The van der Waals surface area contributed by atoms with Gasteiger partial charge in [0.1, 0.15) is 12.4 Å². The van der Waals surface area contributed by atoms with Crippen molar-refractivity contribution in [3.8, 4) is 5.75 Å². The maximum atomic E-state index is 11.4. The highest BCUT2D eigenvalue weighted by atomic mass is 16.5. The Balaban J connectivity index is 1.28. The molecule has 0 radical (unpaired) electrons. The molecule has 2 aliphatic rings. The van der Waals surface area contributed by atoms with E-state index in [0.717, 1.165) is 73.6 Å². The quantitative estimate of drug-likeness (QED) is 0.290. The molecule has 1 saturated carbocycles. The van der Waals surface area contributed by atoms with Gasteiger partial charge < -0.3 is 9.84 Å². The Hall–Kier alpha value is -3.17. The largest absolute Gasteiger partial charge is 0.489 e. The SMILES string of the molecule is CCC[C@@]1(O)CC[C@@]2(Cc3ccccc3)c3ccc(OCc4cnc5ccccc5c4)cc3CC[C@@H]2C1. The average molecular weight is 492 g/mol. The predicted octanol–water partition coefficient (Wildman–Crippen LogP) is 7.57. The fraction of sp³-hybridized carbons (Fsp3) is 0.382. The van der Waals surface area contributed by atoms with Crippen LogP contribution in [0.15, 0.2) is 85.1 Å². The topological polar surface area (TPSA) is 42.4 Å². The minimum atomic E-state index is -0.506. The van der Waals surface area contributed by atoms with Gasteiger partial charge in [-0.1, -0.05) is 67.9 Å². The van der Waals surface area contributed by atoms with E-state index in [9.17, 15) is 5.11 Å². The molecular formula is C34H37NO2. The number of aliphatic hydroxyl groups is 1. The summed E-state index contributed by atoms with van der Waals surface area (Å²) in [6.45, 7) is 2.70. The summed E-state index contributed by atoms with van der Waals surface area (Å²) < 4.78 is 6.28. The highest BCUT2D eigenvalue weighted by Crippen LogP contribution is 2.55. The van der Waals surface area contributed by atoms with E-state index in [1.165, 1.54) is 16.7 Å². The van der Waals surface area contributed by atoms with Crippen molar-refractivity contribution in [2.24, 2.45) is 5.92 Å². The van der Waals surface area contributed by atoms with Gasteiger partial charge in [0.15, 0.2) is 0 Å². The molecule has 0 bridgehead atoms. The number of aryl methyl sites for hydroxylation is 1. The third-order valence-corrected chi connectivity index (χ3v) is 8.95. The van der Waals surface area contributed by atoms with E-state index in [-0.39, 0.29) is 5.41 Å². The lowest BCUT2D eigenvalue weighted by atomic mass is 9.52. The molecule has 3 aromatic carbocycles. The van der Waals surface area contributed by atoms with Crippen molar-refractivity contribution in [3.63, 3.8) is 0 Å². The first-order valence-corrected chi connectivity index (χ1v) is 13.9. The van der Waals surface area contributed by atoms with Crippen LogP contribution in [0.3, 0.4) is 0 Å². The maximum absolute atomic E-state index is 11.4. The van der Waals surface area contributed by atoms with Crippen LogP contribution in [-0.2, 0) is 24.9 Å². The summed E-state index contributed by atoms with van der Waals surface area (Å²) in [5.74, 6) is 1.43. The number of pyridine rings is 1. The van der Waals surface area contributed by atoms with Crippen LogP contribution >= 0.6 is 0 Å². The van der Waals surface area contributed by atoms with E-state index >= 15 is 0 Å². The Morgan fingerprint density at radius 1 is 0.946 bits per heavy atom. The van der Waals surface area contributed by atoms with Crippen molar-refractivity contribution in [1.29, 1.82) is 0 Å². The molecule has 0 unspecified atom stereocenters. The summed E-state index contributed by atoms with van der Waals surface area (Å²) in [6.07, 6.45) is 9.93. The molecule has 0 aliphatic heterocycles. The first-order valence-electron chi connectivity index (χ1n) is 13.9. The Morgan fingerprint density at radius 2 is 1.78 bits per heavy atom. The van der Waals surface area contributed by atoms with Gasteiger partial charge in [0.05, 0.1) is 11.1 Å². The van der Waals surface area contributed by atoms with E-state index < -0.39 is 5.60 Å². The normalized spacial score (nSPS) is 24.9. The molecule has 1 heterocycles. The summed E-state index contributed by atoms with van der Waals surface area (Å²) in [5, 5.41) is 12.5. The van der Waals surface area contributed by atoms with Gasteiger partial charge in [-0.15, -0.1) is 0 Å². The first kappa shape index (κ1) is 24.2. The third-order valence-electron chi connectivity index (χ3n) is 8.95. The second-order valence-electron chi connectivity index (χ2n) is 11.4. The van der Waals surface area contributed by atoms with Gasteiger partial charge in [0.25, 0.3) is 0 Å². The van der Waals surface area contributed by atoms with Crippen molar-refractivity contribution in [2.75, 3.05) is 0 Å². The zero-order valence-corrected chi connectivity index (χ0v) is 21.8. The molecule has 3 atom stereocenters. The summed E-state index contributed by atoms with van der Waals surface area (Å²) in [7, 11) is 0. The lowest BCUT2D eigenvalue weighted by Gasteiger charge is -2.53. The number of nitrogens with zero attached hydrogens (tertiary/aromatic N) is 1. The number of benzene rings is 3. The summed E-state index contributed by atoms with van der Waals surface area (Å²) in [6, 6.07) is 28.1. The zero-order valence-electron chi connectivity index (χ0n) is 21.8. The molecule has 3 heteroatoms. The molecule has 0 spiro atoms. The summed E-state index contributed by atoms with van der Waals surface area (Å²) >= 11 is 0. The highest BCUT2D eigenvalue weighted by Gasteiger charge is 2.51. The predicted molar refractivity (Wildman–Crippen MR) is 150 cm³/mol. The second kappa shape index (κ2) is 9.95. The molecule has 0 saturated heterocycles. The van der Waals surface area contributed by atoms with Crippen LogP contribution in [0, 0.1) is 5.92 Å². The minimum Gasteiger partial charge on any atom is -0.489 e. The molecule has 1 aromatic heterocycles. The van der Waals surface area contributed by atoms with E-state index in [4.69, 9.17) is 4.74 Å². The molecule has 6 rings (SSSR count). The number of aromatic nitrogens is 1. The number of rotatable bonds is 7. The first-order chi connectivity index (χ1) is 18.1. The number of ether oxygens (including phenoxy) is 1. The lowest BCUT2D eigenvalue weighted by Crippen LogP contribution is -2.51. The number of hydrogen-bond donors (Lipinski definition) is 1. The van der Waals surface area contributed by atoms with Gasteiger partial charge in [-0.3, -0.25) is 4.98 Å².